The molecule has 1 aliphatic carbocycles. The highest BCUT2D eigenvalue weighted by atomic mass is 16.5. The molecule has 0 saturated heterocycles. The van der Waals surface area contributed by atoms with Crippen LogP contribution in [0.3, 0.4) is 0 Å². The fraction of sp³-hybridized carbons (Fsp3) is 1.00. The first-order valence-corrected chi connectivity index (χ1v) is 6.34. The Morgan fingerprint density at radius 1 is 1.07 bits per heavy atom. The van der Waals surface area contributed by atoms with Crippen LogP contribution in [-0.2, 0) is 4.74 Å². The first-order chi connectivity index (χ1) is 7.43. The van der Waals surface area contributed by atoms with E-state index in [0.29, 0.717) is 0 Å². The van der Waals surface area contributed by atoms with E-state index in [1.165, 1.54) is 38.6 Å². The van der Waals surface area contributed by atoms with Crippen molar-refractivity contribution < 1.29 is 4.74 Å². The summed E-state index contributed by atoms with van der Waals surface area (Å²) in [4.78, 5) is 0. The molecule has 0 bridgehead atoms. The number of ether oxygens (including phenoxy) is 1. The quantitative estimate of drug-likeness (QED) is 0.539. The van der Waals surface area contributed by atoms with E-state index in [-0.39, 0.29) is 0 Å². The summed E-state index contributed by atoms with van der Waals surface area (Å²) in [5.41, 5.74) is 0. The molecule has 1 aliphatic rings. The molecule has 0 aliphatic heterocycles. The lowest BCUT2D eigenvalue weighted by atomic mass is 9.83. The van der Waals surface area contributed by atoms with Gasteiger partial charge >= 0.3 is 0 Å². The van der Waals surface area contributed by atoms with E-state index in [0.717, 1.165) is 32.2 Å². The minimum absolute atomic E-state index is 0.815. The molecule has 0 radical (unpaired) electrons. The summed E-state index contributed by atoms with van der Waals surface area (Å²) in [6.07, 6.45) is 7.01. The largest absolute Gasteiger partial charge is 0.383 e. The van der Waals surface area contributed by atoms with Gasteiger partial charge in [0, 0.05) is 13.7 Å². The van der Waals surface area contributed by atoms with Gasteiger partial charge in [-0.1, -0.05) is 19.3 Å². The zero-order chi connectivity index (χ0) is 10.8. The third-order valence-electron chi connectivity index (χ3n) is 3.14. The Hall–Kier alpha value is -0.120. The summed E-state index contributed by atoms with van der Waals surface area (Å²) in [6.45, 7) is 5.24. The van der Waals surface area contributed by atoms with Gasteiger partial charge in [0.25, 0.3) is 0 Å². The van der Waals surface area contributed by atoms with Gasteiger partial charge in [-0.25, -0.2) is 0 Å². The first kappa shape index (κ1) is 12.9. The normalized spacial score (nSPS) is 16.6. The average Bonchev–Trinajstić information content (AvgIpc) is 2.18. The highest BCUT2D eigenvalue weighted by molar-refractivity contribution is 4.70. The highest BCUT2D eigenvalue weighted by Crippen LogP contribution is 2.28. The van der Waals surface area contributed by atoms with E-state index in [1.54, 1.807) is 7.11 Å². The van der Waals surface area contributed by atoms with E-state index < -0.39 is 0 Å². The topological polar surface area (TPSA) is 33.3 Å². The molecule has 3 heteroatoms. The molecule has 0 aromatic heterocycles. The maximum absolute atomic E-state index is 4.95. The molecule has 0 aromatic rings. The summed E-state index contributed by atoms with van der Waals surface area (Å²) in [5.74, 6) is 1.04. The Balaban J connectivity index is 1.66. The number of methoxy groups -OCH3 is 1. The fourth-order valence-electron chi connectivity index (χ4n) is 1.85. The number of nitrogens with one attached hydrogen (secondary N) is 2. The number of hydrogen-bond acceptors (Lipinski definition) is 3. The summed E-state index contributed by atoms with van der Waals surface area (Å²) >= 11 is 0. The van der Waals surface area contributed by atoms with Crippen molar-refractivity contribution >= 4 is 0 Å². The van der Waals surface area contributed by atoms with Gasteiger partial charge in [-0.2, -0.15) is 0 Å². The van der Waals surface area contributed by atoms with Crippen LogP contribution in [0.5, 0.6) is 0 Å². The summed E-state index contributed by atoms with van der Waals surface area (Å²) < 4.78 is 4.95. The minimum Gasteiger partial charge on any atom is -0.383 e. The number of rotatable bonds is 10. The van der Waals surface area contributed by atoms with Crippen molar-refractivity contribution in [3.05, 3.63) is 0 Å². The lowest BCUT2D eigenvalue weighted by molar-refractivity contribution is 0.199. The Morgan fingerprint density at radius 3 is 2.40 bits per heavy atom. The molecule has 0 spiro atoms. The molecule has 90 valence electrons. The number of hydrogen-bond donors (Lipinski definition) is 2. The summed E-state index contributed by atoms with van der Waals surface area (Å²) in [6, 6.07) is 0. The second kappa shape index (κ2) is 9.13. The van der Waals surface area contributed by atoms with E-state index in [9.17, 15) is 0 Å². The van der Waals surface area contributed by atoms with Gasteiger partial charge in [-0.3, -0.25) is 0 Å². The smallest absolute Gasteiger partial charge is 0.0587 e. The molecular weight excluding hydrogens is 188 g/mol. The first-order valence-electron chi connectivity index (χ1n) is 6.34. The van der Waals surface area contributed by atoms with Gasteiger partial charge < -0.3 is 15.4 Å². The van der Waals surface area contributed by atoms with Gasteiger partial charge in [-0.15, -0.1) is 0 Å². The molecule has 3 nitrogen and oxygen atoms in total. The van der Waals surface area contributed by atoms with Crippen molar-refractivity contribution in [3.63, 3.8) is 0 Å². The van der Waals surface area contributed by atoms with Gasteiger partial charge in [0.2, 0.25) is 0 Å². The van der Waals surface area contributed by atoms with E-state index >= 15 is 0 Å². The zero-order valence-corrected chi connectivity index (χ0v) is 10.1. The van der Waals surface area contributed by atoms with Crippen LogP contribution >= 0.6 is 0 Å². The van der Waals surface area contributed by atoms with Crippen LogP contribution in [0.2, 0.25) is 0 Å². The third-order valence-corrected chi connectivity index (χ3v) is 3.14. The lowest BCUT2D eigenvalue weighted by Crippen LogP contribution is -2.26. The van der Waals surface area contributed by atoms with E-state index in [2.05, 4.69) is 10.6 Å². The average molecular weight is 214 g/mol. The summed E-state index contributed by atoms with van der Waals surface area (Å²) in [5, 5.41) is 6.85. The van der Waals surface area contributed by atoms with E-state index in [4.69, 9.17) is 4.74 Å². The SMILES string of the molecule is COCCNCCCNCCC1CCC1. The van der Waals surface area contributed by atoms with Crippen molar-refractivity contribution in [1.82, 2.24) is 10.6 Å². The minimum atomic E-state index is 0.815. The Labute approximate surface area is 94.0 Å². The molecule has 1 rings (SSSR count). The Morgan fingerprint density at radius 2 is 1.80 bits per heavy atom. The van der Waals surface area contributed by atoms with Crippen molar-refractivity contribution in [3.8, 4) is 0 Å². The highest BCUT2D eigenvalue weighted by Gasteiger charge is 2.15. The van der Waals surface area contributed by atoms with Crippen molar-refractivity contribution in [2.24, 2.45) is 5.92 Å². The van der Waals surface area contributed by atoms with Crippen LogP contribution < -0.4 is 10.6 Å². The maximum atomic E-state index is 4.95. The van der Waals surface area contributed by atoms with Gasteiger partial charge in [0.05, 0.1) is 6.61 Å². The van der Waals surface area contributed by atoms with Crippen LogP contribution in [0.25, 0.3) is 0 Å². The predicted octanol–water partition coefficient (Wildman–Crippen LogP) is 1.39. The predicted molar refractivity (Wildman–Crippen MR) is 64.2 cm³/mol. The van der Waals surface area contributed by atoms with Gasteiger partial charge in [0.1, 0.15) is 0 Å². The van der Waals surface area contributed by atoms with Crippen LogP contribution in [0.1, 0.15) is 32.1 Å². The molecule has 0 amide bonds. The summed E-state index contributed by atoms with van der Waals surface area (Å²) in [7, 11) is 1.74. The van der Waals surface area contributed by atoms with Crippen molar-refractivity contribution in [1.29, 1.82) is 0 Å². The third kappa shape index (κ3) is 6.88. The van der Waals surface area contributed by atoms with Crippen LogP contribution in [0.4, 0.5) is 0 Å². The van der Waals surface area contributed by atoms with Crippen LogP contribution in [0, 0.1) is 5.92 Å². The van der Waals surface area contributed by atoms with Crippen LogP contribution in [0.15, 0.2) is 0 Å². The molecule has 0 heterocycles. The fourth-order valence-corrected chi connectivity index (χ4v) is 1.85. The monoisotopic (exact) mass is 214 g/mol. The molecule has 2 N–H and O–H groups in total. The van der Waals surface area contributed by atoms with Crippen molar-refractivity contribution in [2.75, 3.05) is 39.9 Å². The molecule has 1 fully saturated rings. The molecule has 1 saturated carbocycles. The standard InChI is InChI=1S/C12H26N2O/c1-15-11-10-14-8-3-7-13-9-6-12-4-2-5-12/h12-14H,2-11H2,1H3. The zero-order valence-electron chi connectivity index (χ0n) is 10.1. The lowest BCUT2D eigenvalue weighted by Gasteiger charge is -2.25. The van der Waals surface area contributed by atoms with E-state index in [1.807, 2.05) is 0 Å². The van der Waals surface area contributed by atoms with Crippen LogP contribution in [-0.4, -0.2) is 39.9 Å². The second-order valence-corrected chi connectivity index (χ2v) is 4.43. The Kier molecular flexibility index (Phi) is 7.88. The second-order valence-electron chi connectivity index (χ2n) is 4.43. The molecule has 0 atom stereocenters. The molecule has 15 heavy (non-hydrogen) atoms. The molecular formula is C12H26N2O. The van der Waals surface area contributed by atoms with Gasteiger partial charge in [-0.05, 0) is 38.4 Å². The Bertz CT molecular complexity index is 138. The molecule has 0 unspecified atom stereocenters. The maximum Gasteiger partial charge on any atom is 0.0587 e. The van der Waals surface area contributed by atoms with Gasteiger partial charge in [0.15, 0.2) is 0 Å². The molecule has 0 aromatic carbocycles. The van der Waals surface area contributed by atoms with Crippen molar-refractivity contribution in [2.45, 2.75) is 32.1 Å².